The van der Waals surface area contributed by atoms with Gasteiger partial charge in [-0.05, 0) is 53.7 Å². The van der Waals surface area contributed by atoms with Crippen LogP contribution in [0.25, 0.3) is 10.9 Å². The molecule has 0 amide bonds. The number of allylic oxidation sites excluding steroid dienone is 1. The molecule has 0 radical (unpaired) electrons. The highest BCUT2D eigenvalue weighted by Gasteiger charge is 2.21. The Kier molecular flexibility index (Phi) is 20.0. The van der Waals surface area contributed by atoms with E-state index >= 15 is 0 Å². The summed E-state index contributed by atoms with van der Waals surface area (Å²) in [5.41, 5.74) is 4.33. The molecule has 2 saturated heterocycles. The van der Waals surface area contributed by atoms with E-state index in [0.29, 0.717) is 62.7 Å². The van der Waals surface area contributed by atoms with E-state index in [-0.39, 0.29) is 11.3 Å². The van der Waals surface area contributed by atoms with Gasteiger partial charge in [0.2, 0.25) is 0 Å². The number of morpholine rings is 2. The van der Waals surface area contributed by atoms with Gasteiger partial charge in [0, 0.05) is 77.3 Å². The number of carbonyl (C=O) groups excluding carboxylic acids is 2. The van der Waals surface area contributed by atoms with E-state index in [4.69, 9.17) is 18.8 Å². The number of ether oxygens (including phenoxy) is 3. The quantitative estimate of drug-likeness (QED) is 0.0309. The van der Waals surface area contributed by atoms with Crippen molar-refractivity contribution in [1.82, 2.24) is 20.1 Å². The van der Waals surface area contributed by atoms with Crippen LogP contribution in [-0.2, 0) is 19.1 Å². The van der Waals surface area contributed by atoms with Crippen LogP contribution >= 0.6 is 21.3 Å². The molecule has 0 saturated carbocycles. The number of halogens is 1. The first-order valence-corrected chi connectivity index (χ1v) is 19.8. The molecule has 3 aromatic carbocycles. The number of rotatable bonds is 11. The molecule has 6 rings (SSSR count). The number of nitrogens with zero attached hydrogens (tertiary/aromatic N) is 5. The molecule has 1 aromatic heterocycles. The van der Waals surface area contributed by atoms with Gasteiger partial charge >= 0.3 is 0 Å². The van der Waals surface area contributed by atoms with Gasteiger partial charge in [-0.3, -0.25) is 29.6 Å². The highest BCUT2D eigenvalue weighted by Crippen LogP contribution is 2.37. The standard InChI is InChI=1S/C18H19FN4O2.C17H24N3O3P.C3H8.CH4OS/c1-20-13-2-3-17(14(19)9-13)25-18-8-12-11-21-22-15(12)10-16(18)23-4-6-24-7-5-23;1-18(15-3-5-16(24)6-4-15)19(2)17(14(12-21)13-22)11-20-7-9-23-10-8-20;2*1-3-2/h2-3,8-11,20H,4-7H2,1H3,(H,21,22);3-6,12-13H,7-11,24H2,1-2H3;3H2,1-2H3;2H,1H3. The lowest BCUT2D eigenvalue weighted by Gasteiger charge is -2.37. The lowest BCUT2D eigenvalue weighted by atomic mass is 10.2. The van der Waals surface area contributed by atoms with Crippen molar-refractivity contribution in [2.24, 2.45) is 0 Å². The van der Waals surface area contributed by atoms with E-state index < -0.39 is 5.82 Å². The van der Waals surface area contributed by atoms with Crippen LogP contribution < -0.4 is 25.3 Å². The highest BCUT2D eigenvalue weighted by atomic mass is 32.2. The first-order chi connectivity index (χ1) is 26.6. The third kappa shape index (κ3) is 13.8. The minimum absolute atomic E-state index is 0.165. The van der Waals surface area contributed by atoms with Crippen LogP contribution in [-0.4, -0.2) is 124 Å². The van der Waals surface area contributed by atoms with Crippen molar-refractivity contribution in [3.63, 3.8) is 0 Å². The number of carbonyl (C=O) groups is 2. The van der Waals surface area contributed by atoms with E-state index in [1.807, 2.05) is 60.5 Å². The molecule has 3 heterocycles. The van der Waals surface area contributed by atoms with Crippen LogP contribution in [0.3, 0.4) is 0 Å². The first kappa shape index (κ1) is 45.2. The SMILES string of the molecule is CCC.CN(C(CN1CCOCC1)=C(C=O)C=O)N(C)c1ccc(P)cc1.CNc1ccc(Oc2cc3cn[nH]c3cc2N2CCOCC2)c(F)c1.CSO. The molecule has 0 aliphatic carbocycles. The molecule has 0 spiro atoms. The average Bonchev–Trinajstić information content (AvgIpc) is 3.67. The van der Waals surface area contributed by atoms with Crippen LogP contribution in [0, 0.1) is 5.82 Å². The number of anilines is 3. The molecule has 2 aliphatic rings. The molecule has 2 aliphatic heterocycles. The summed E-state index contributed by atoms with van der Waals surface area (Å²) in [5, 5.41) is 15.7. The third-order valence-corrected chi connectivity index (χ3v) is 8.87. The van der Waals surface area contributed by atoms with Gasteiger partial charge in [0.1, 0.15) is 0 Å². The van der Waals surface area contributed by atoms with Crippen molar-refractivity contribution < 1.29 is 32.7 Å². The number of fused-ring (bicyclic) bond motifs is 1. The van der Waals surface area contributed by atoms with E-state index in [1.165, 1.54) is 12.5 Å². The van der Waals surface area contributed by atoms with E-state index in [2.05, 4.69) is 48.4 Å². The predicted molar refractivity (Wildman–Crippen MR) is 226 cm³/mol. The fourth-order valence-electron chi connectivity index (χ4n) is 5.51. The molecule has 300 valence electrons. The van der Waals surface area contributed by atoms with Crippen LogP contribution in [0.1, 0.15) is 20.3 Å². The average molecular weight is 800 g/mol. The highest BCUT2D eigenvalue weighted by molar-refractivity contribution is 7.93. The van der Waals surface area contributed by atoms with Gasteiger partial charge < -0.3 is 29.0 Å². The molecule has 55 heavy (non-hydrogen) atoms. The number of hydrogen-bond acceptors (Lipinski definition) is 13. The van der Waals surface area contributed by atoms with Crippen LogP contribution in [0.5, 0.6) is 11.5 Å². The van der Waals surface area contributed by atoms with Crippen molar-refractivity contribution in [2.75, 3.05) is 102 Å². The second-order valence-corrected chi connectivity index (χ2v) is 13.5. The summed E-state index contributed by atoms with van der Waals surface area (Å²) in [6.07, 6.45) is 5.82. The van der Waals surface area contributed by atoms with Gasteiger partial charge in [0.05, 0.1) is 60.8 Å². The molecular weight excluding hydrogens is 745 g/mol. The summed E-state index contributed by atoms with van der Waals surface area (Å²) in [6.45, 7) is 10.5. The largest absolute Gasteiger partial charge is 0.452 e. The van der Waals surface area contributed by atoms with Crippen molar-refractivity contribution >= 4 is 67.1 Å². The Morgan fingerprint density at radius 1 is 1.00 bits per heavy atom. The Bertz CT molecular complexity index is 1770. The van der Waals surface area contributed by atoms with Gasteiger partial charge in [-0.25, -0.2) is 4.39 Å². The number of hydrogen-bond donors (Lipinski definition) is 3. The maximum atomic E-state index is 14.3. The maximum Gasteiger partial charge on any atom is 0.167 e. The molecule has 4 aromatic rings. The Balaban J connectivity index is 0.000000259. The van der Waals surface area contributed by atoms with Gasteiger partial charge in [-0.2, -0.15) is 5.10 Å². The number of benzene rings is 3. The zero-order chi connectivity index (χ0) is 40.2. The molecule has 16 heteroatoms. The summed E-state index contributed by atoms with van der Waals surface area (Å²) in [6, 6.07) is 16.7. The lowest BCUT2D eigenvalue weighted by Crippen LogP contribution is -2.44. The van der Waals surface area contributed by atoms with Crippen LogP contribution in [0.2, 0.25) is 0 Å². The second kappa shape index (κ2) is 24.3. The summed E-state index contributed by atoms with van der Waals surface area (Å²) in [7, 11) is 8.17. The summed E-state index contributed by atoms with van der Waals surface area (Å²) in [4.78, 5) is 27.1. The Morgan fingerprint density at radius 2 is 1.60 bits per heavy atom. The smallest absolute Gasteiger partial charge is 0.167 e. The normalized spacial score (nSPS) is 13.8. The Hall–Kier alpha value is -4.24. The molecule has 0 bridgehead atoms. The molecule has 3 N–H and O–H groups in total. The molecular formula is C39H55FN7O6PS. The van der Waals surface area contributed by atoms with Crippen LogP contribution in [0.15, 0.2) is 72.1 Å². The molecule has 1 unspecified atom stereocenters. The summed E-state index contributed by atoms with van der Waals surface area (Å²) >= 11 is 0.750. The van der Waals surface area contributed by atoms with E-state index in [9.17, 15) is 14.0 Å². The predicted octanol–water partition coefficient (Wildman–Crippen LogP) is 6.07. The Labute approximate surface area is 330 Å². The number of aldehydes is 2. The minimum atomic E-state index is -0.410. The van der Waals surface area contributed by atoms with Gasteiger partial charge in [0.15, 0.2) is 29.9 Å². The number of likely N-dealkylation sites (N-methyl/N-ethyl adjacent to an activating group) is 1. The van der Waals surface area contributed by atoms with Crippen molar-refractivity contribution in [2.45, 2.75) is 20.3 Å². The van der Waals surface area contributed by atoms with E-state index in [1.54, 1.807) is 31.6 Å². The molecule has 13 nitrogen and oxygen atoms in total. The lowest BCUT2D eigenvalue weighted by molar-refractivity contribution is -0.110. The van der Waals surface area contributed by atoms with E-state index in [0.717, 1.165) is 65.8 Å². The fourth-order valence-corrected chi connectivity index (χ4v) is 5.70. The minimum Gasteiger partial charge on any atom is -0.452 e. The summed E-state index contributed by atoms with van der Waals surface area (Å²) < 4.78 is 38.6. The second-order valence-electron chi connectivity index (χ2n) is 12.4. The van der Waals surface area contributed by atoms with Gasteiger partial charge in [0.25, 0.3) is 0 Å². The van der Waals surface area contributed by atoms with Crippen molar-refractivity contribution in [3.8, 4) is 11.5 Å². The molecule has 2 fully saturated rings. The van der Waals surface area contributed by atoms with Gasteiger partial charge in [-0.15, -0.1) is 9.24 Å². The van der Waals surface area contributed by atoms with Crippen LogP contribution in [0.4, 0.5) is 21.5 Å². The van der Waals surface area contributed by atoms with Gasteiger partial charge in [-0.1, -0.05) is 32.4 Å². The number of aromatic nitrogens is 2. The fraction of sp³-hybridized carbons (Fsp3) is 0.410. The number of aromatic amines is 1. The number of hydrazine groups is 1. The monoisotopic (exact) mass is 799 g/mol. The first-order valence-electron chi connectivity index (χ1n) is 18.0. The van der Waals surface area contributed by atoms with Crippen molar-refractivity contribution in [1.29, 1.82) is 0 Å². The Morgan fingerprint density at radius 3 is 2.16 bits per heavy atom. The number of H-pyrrole nitrogens is 1. The van der Waals surface area contributed by atoms with Crippen molar-refractivity contribution in [3.05, 3.63) is 77.9 Å². The summed E-state index contributed by atoms with van der Waals surface area (Å²) in [5.74, 6) is 0.385. The maximum absolute atomic E-state index is 14.3. The third-order valence-electron chi connectivity index (χ3n) is 8.48. The molecule has 1 atom stereocenters. The zero-order valence-electron chi connectivity index (χ0n) is 32.6. The number of nitrogens with one attached hydrogen (secondary N) is 2. The topological polar surface area (TPSA) is 136 Å². The zero-order valence-corrected chi connectivity index (χ0v) is 34.6.